The number of anilines is 1. The highest BCUT2D eigenvalue weighted by Gasteiger charge is 2.04. The Balaban J connectivity index is 1.79. The van der Waals surface area contributed by atoms with E-state index in [-0.39, 0.29) is 0 Å². The molecule has 0 spiro atoms. The van der Waals surface area contributed by atoms with Crippen molar-refractivity contribution in [1.29, 1.82) is 0 Å². The fourth-order valence-electron chi connectivity index (χ4n) is 2.11. The number of para-hydroxylation sites is 2. The summed E-state index contributed by atoms with van der Waals surface area (Å²) >= 11 is 0. The maximum absolute atomic E-state index is 5.14. The number of hydrogen-bond acceptors (Lipinski definition) is 4. The van der Waals surface area contributed by atoms with Gasteiger partial charge in [0.05, 0.1) is 37.1 Å². The summed E-state index contributed by atoms with van der Waals surface area (Å²) in [4.78, 5) is 8.48. The summed E-state index contributed by atoms with van der Waals surface area (Å²) < 4.78 is 7.11. The summed E-state index contributed by atoms with van der Waals surface area (Å²) in [6.45, 7) is 0.628. The molecule has 5 nitrogen and oxygen atoms in total. The van der Waals surface area contributed by atoms with Gasteiger partial charge < -0.3 is 14.6 Å². The molecule has 0 radical (unpaired) electrons. The topological polar surface area (TPSA) is 52.0 Å². The number of ether oxygens (including phenoxy) is 1. The number of imidazole rings is 1. The highest BCUT2D eigenvalue weighted by atomic mass is 16.5. The zero-order valence-electron chi connectivity index (χ0n) is 11.7. The number of nitrogens with zero attached hydrogens (tertiary/aromatic N) is 3. The molecule has 0 aliphatic heterocycles. The maximum Gasteiger partial charge on any atom is 0.213 e. The van der Waals surface area contributed by atoms with Gasteiger partial charge in [0.25, 0.3) is 0 Å². The fourth-order valence-corrected chi connectivity index (χ4v) is 2.11. The van der Waals surface area contributed by atoms with E-state index in [1.165, 1.54) is 0 Å². The molecule has 2 heterocycles. The lowest BCUT2D eigenvalue weighted by atomic mass is 10.2. The van der Waals surface area contributed by atoms with Gasteiger partial charge >= 0.3 is 0 Å². The molecule has 21 heavy (non-hydrogen) atoms. The van der Waals surface area contributed by atoms with Crippen LogP contribution in [0.1, 0.15) is 5.69 Å². The van der Waals surface area contributed by atoms with E-state index < -0.39 is 0 Å². The lowest BCUT2D eigenvalue weighted by Crippen LogP contribution is -2.05. The lowest BCUT2D eigenvalue weighted by molar-refractivity contribution is 0.396. The van der Waals surface area contributed by atoms with Gasteiger partial charge in [-0.05, 0) is 18.2 Å². The Hall–Kier alpha value is -2.82. The number of pyridine rings is 1. The first kappa shape index (κ1) is 13.2. The molecule has 106 valence electrons. The Morgan fingerprint density at radius 2 is 2.05 bits per heavy atom. The van der Waals surface area contributed by atoms with Crippen molar-refractivity contribution in [2.45, 2.75) is 6.54 Å². The Bertz CT molecular complexity index is 710. The van der Waals surface area contributed by atoms with E-state index in [4.69, 9.17) is 4.74 Å². The summed E-state index contributed by atoms with van der Waals surface area (Å²) in [7, 11) is 1.62. The summed E-state index contributed by atoms with van der Waals surface area (Å²) in [6.07, 6.45) is 5.47. The lowest BCUT2D eigenvalue weighted by Gasteiger charge is -2.12. The van der Waals surface area contributed by atoms with Gasteiger partial charge in [0.2, 0.25) is 5.88 Å². The molecule has 1 aromatic carbocycles. The molecule has 3 aromatic rings. The molecular formula is C16H16N4O. The number of rotatable bonds is 5. The number of aromatic nitrogens is 3. The first-order valence-electron chi connectivity index (χ1n) is 6.68. The normalized spacial score (nSPS) is 10.3. The van der Waals surface area contributed by atoms with Gasteiger partial charge in [-0.15, -0.1) is 0 Å². The molecule has 3 rings (SSSR count). The third kappa shape index (κ3) is 3.02. The van der Waals surface area contributed by atoms with E-state index in [1.807, 2.05) is 53.2 Å². The molecule has 0 saturated heterocycles. The van der Waals surface area contributed by atoms with Crippen molar-refractivity contribution < 1.29 is 4.74 Å². The minimum Gasteiger partial charge on any atom is -0.481 e. The van der Waals surface area contributed by atoms with Crippen molar-refractivity contribution in [3.05, 3.63) is 66.9 Å². The molecule has 0 aliphatic carbocycles. The highest BCUT2D eigenvalue weighted by molar-refractivity contribution is 5.60. The standard InChI is InChI=1S/C16H16N4O/c1-21-16-8-4-5-13(19-16)11-18-14-6-2-3-7-15(14)20-10-9-17-12-20/h2-10,12,18H,11H2,1H3. The smallest absolute Gasteiger partial charge is 0.213 e. The highest BCUT2D eigenvalue weighted by Crippen LogP contribution is 2.20. The molecule has 1 N–H and O–H groups in total. The van der Waals surface area contributed by atoms with Gasteiger partial charge in [0.15, 0.2) is 0 Å². The van der Waals surface area contributed by atoms with Crippen LogP contribution in [0.15, 0.2) is 61.2 Å². The first-order chi connectivity index (χ1) is 10.4. The second kappa shape index (κ2) is 6.09. The van der Waals surface area contributed by atoms with Crippen LogP contribution in [0.25, 0.3) is 5.69 Å². The Morgan fingerprint density at radius 3 is 2.86 bits per heavy atom. The SMILES string of the molecule is COc1cccc(CNc2ccccc2-n2ccnc2)n1. The van der Waals surface area contributed by atoms with E-state index in [1.54, 1.807) is 19.6 Å². The largest absolute Gasteiger partial charge is 0.481 e. The van der Waals surface area contributed by atoms with Crippen LogP contribution in [0.3, 0.4) is 0 Å². The van der Waals surface area contributed by atoms with E-state index in [9.17, 15) is 0 Å². The minimum atomic E-state index is 0.622. The number of nitrogens with one attached hydrogen (secondary N) is 1. The molecule has 0 bridgehead atoms. The van der Waals surface area contributed by atoms with Gasteiger partial charge in [-0.1, -0.05) is 18.2 Å². The van der Waals surface area contributed by atoms with E-state index in [0.29, 0.717) is 12.4 Å². The van der Waals surface area contributed by atoms with Gasteiger partial charge in [0.1, 0.15) is 0 Å². The van der Waals surface area contributed by atoms with E-state index >= 15 is 0 Å². The van der Waals surface area contributed by atoms with Gasteiger partial charge in [0, 0.05) is 18.5 Å². The zero-order valence-corrected chi connectivity index (χ0v) is 11.7. The summed E-state index contributed by atoms with van der Waals surface area (Å²) in [6, 6.07) is 13.8. The monoisotopic (exact) mass is 280 g/mol. The zero-order chi connectivity index (χ0) is 14.5. The van der Waals surface area contributed by atoms with Crippen LogP contribution in [-0.2, 0) is 6.54 Å². The van der Waals surface area contributed by atoms with E-state index in [2.05, 4.69) is 15.3 Å². The average Bonchev–Trinajstić information content (AvgIpc) is 3.08. The van der Waals surface area contributed by atoms with E-state index in [0.717, 1.165) is 17.1 Å². The van der Waals surface area contributed by atoms with Crippen LogP contribution in [0.4, 0.5) is 5.69 Å². The van der Waals surface area contributed by atoms with Crippen molar-refractivity contribution in [3.8, 4) is 11.6 Å². The number of hydrogen-bond donors (Lipinski definition) is 1. The van der Waals surface area contributed by atoms with Crippen LogP contribution in [0.5, 0.6) is 5.88 Å². The van der Waals surface area contributed by atoms with Crippen molar-refractivity contribution in [1.82, 2.24) is 14.5 Å². The van der Waals surface area contributed by atoms with Crippen molar-refractivity contribution in [2.24, 2.45) is 0 Å². The molecule has 0 aliphatic rings. The van der Waals surface area contributed by atoms with Crippen molar-refractivity contribution in [3.63, 3.8) is 0 Å². The van der Waals surface area contributed by atoms with Gasteiger partial charge in [-0.3, -0.25) is 0 Å². The molecule has 5 heteroatoms. The molecule has 0 unspecified atom stereocenters. The van der Waals surface area contributed by atoms with Crippen molar-refractivity contribution >= 4 is 5.69 Å². The van der Waals surface area contributed by atoms with Crippen molar-refractivity contribution in [2.75, 3.05) is 12.4 Å². The molecule has 0 fully saturated rings. The van der Waals surface area contributed by atoms with Crippen LogP contribution in [0, 0.1) is 0 Å². The maximum atomic E-state index is 5.14. The van der Waals surface area contributed by atoms with Crippen LogP contribution in [-0.4, -0.2) is 21.6 Å². The second-order valence-electron chi connectivity index (χ2n) is 4.51. The van der Waals surface area contributed by atoms with Crippen LogP contribution < -0.4 is 10.1 Å². The average molecular weight is 280 g/mol. The summed E-state index contributed by atoms with van der Waals surface area (Å²) in [5.41, 5.74) is 3.01. The summed E-state index contributed by atoms with van der Waals surface area (Å²) in [5, 5.41) is 3.40. The molecule has 0 amide bonds. The fraction of sp³-hybridized carbons (Fsp3) is 0.125. The minimum absolute atomic E-state index is 0.622. The predicted octanol–water partition coefficient (Wildman–Crippen LogP) is 2.89. The quantitative estimate of drug-likeness (QED) is 0.780. The van der Waals surface area contributed by atoms with Crippen LogP contribution in [0.2, 0.25) is 0 Å². The Morgan fingerprint density at radius 1 is 1.14 bits per heavy atom. The summed E-state index contributed by atoms with van der Waals surface area (Å²) in [5.74, 6) is 0.622. The van der Waals surface area contributed by atoms with Gasteiger partial charge in [-0.25, -0.2) is 9.97 Å². The third-order valence-electron chi connectivity index (χ3n) is 3.14. The molecule has 0 atom stereocenters. The van der Waals surface area contributed by atoms with Gasteiger partial charge in [-0.2, -0.15) is 0 Å². The second-order valence-corrected chi connectivity index (χ2v) is 4.51. The van der Waals surface area contributed by atoms with Crippen LogP contribution >= 0.6 is 0 Å². The molecule has 2 aromatic heterocycles. The third-order valence-corrected chi connectivity index (χ3v) is 3.14. The Kier molecular flexibility index (Phi) is 3.82. The number of benzene rings is 1. The Labute approximate surface area is 123 Å². The molecule has 0 saturated carbocycles. The predicted molar refractivity (Wildman–Crippen MR) is 81.7 cm³/mol. The molecular weight excluding hydrogens is 264 g/mol. The first-order valence-corrected chi connectivity index (χ1v) is 6.68. The number of methoxy groups -OCH3 is 1.